The maximum absolute atomic E-state index is 5.03. The lowest BCUT2D eigenvalue weighted by molar-refractivity contribution is 0.415. The van der Waals surface area contributed by atoms with Crippen molar-refractivity contribution in [3.8, 4) is 5.75 Å². The summed E-state index contributed by atoms with van der Waals surface area (Å²) in [6.07, 6.45) is 0. The van der Waals surface area contributed by atoms with Crippen LogP contribution in [-0.2, 0) is 0 Å². The van der Waals surface area contributed by atoms with Gasteiger partial charge in [-0.25, -0.2) is 0 Å². The zero-order valence-corrected chi connectivity index (χ0v) is 9.99. The molecule has 0 saturated carbocycles. The van der Waals surface area contributed by atoms with E-state index in [0.717, 1.165) is 5.75 Å². The predicted molar refractivity (Wildman–Crippen MR) is 57.4 cm³/mol. The van der Waals surface area contributed by atoms with Crippen LogP contribution < -0.4 is 10.0 Å². The van der Waals surface area contributed by atoms with Gasteiger partial charge in [0.2, 0.25) is 0 Å². The molecule has 0 radical (unpaired) electrons. The Balaban J connectivity index is 2.83. The van der Waals surface area contributed by atoms with Crippen molar-refractivity contribution in [3.05, 3.63) is 24.3 Å². The molecule has 1 nitrogen and oxygen atoms in total. The van der Waals surface area contributed by atoms with Gasteiger partial charge < -0.3 is 4.74 Å². The molecule has 60 valence electrons. The van der Waals surface area contributed by atoms with Crippen LogP contribution in [0.5, 0.6) is 5.75 Å². The molecule has 0 fully saturated rings. The zero-order valence-electron chi connectivity index (χ0n) is 5.92. The van der Waals surface area contributed by atoms with Gasteiger partial charge in [0.15, 0.2) is 0 Å². The molecule has 1 aromatic carbocycles. The number of hydrogen-bond acceptors (Lipinski definition) is 1. The molecule has 0 atom stereocenters. The summed E-state index contributed by atoms with van der Waals surface area (Å²) < 4.78 is 5.03. The molecule has 11 heavy (non-hydrogen) atoms. The van der Waals surface area contributed by atoms with Crippen LogP contribution in [0.15, 0.2) is 24.3 Å². The summed E-state index contributed by atoms with van der Waals surface area (Å²) in [5, 5.41) is 0.907. The largest absolute Gasteiger partial charge is 0.497 e. The van der Waals surface area contributed by atoms with Crippen molar-refractivity contribution in [2.24, 2.45) is 0 Å². The van der Waals surface area contributed by atoms with Crippen molar-refractivity contribution in [2.45, 2.75) is 0 Å². The summed E-state index contributed by atoms with van der Waals surface area (Å²) in [7, 11) is 1.67. The van der Waals surface area contributed by atoms with Crippen LogP contribution in [0, 0.1) is 0 Å². The van der Waals surface area contributed by atoms with E-state index >= 15 is 0 Å². The molecule has 4 heteroatoms. The van der Waals surface area contributed by atoms with Crippen LogP contribution >= 0.6 is 36.3 Å². The third kappa shape index (κ3) is 2.73. The molecule has 0 unspecified atom stereocenters. The Morgan fingerprint density at radius 3 is 2.09 bits per heavy atom. The molecule has 0 aliphatic heterocycles. The fraction of sp³-hybridized carbons (Fsp3) is 0.143. The first-order valence-electron chi connectivity index (χ1n) is 3.00. The molecule has 1 rings (SSSR count). The van der Waals surface area contributed by atoms with E-state index < -0.39 is 0 Å². The summed E-state index contributed by atoms with van der Waals surface area (Å²) in [5.74, 6) is 0.894. The van der Waals surface area contributed by atoms with E-state index in [1.54, 1.807) is 7.11 Å². The van der Waals surface area contributed by atoms with E-state index in [4.69, 9.17) is 4.74 Å². The first-order chi connectivity index (χ1) is 5.24. The fourth-order valence-electron chi connectivity index (χ4n) is 0.695. The molecule has 0 heterocycles. The number of ether oxygens (including phenoxy) is 1. The highest BCUT2D eigenvalue weighted by atomic mass is 79.9. The molecule has 0 aliphatic carbocycles. The standard InChI is InChI=1S/C7H7Br2OP/c1-10-6-2-4-7(5-3-6)11(8)9/h2-5H,1H3. The Kier molecular flexibility index (Phi) is 3.83. The van der Waals surface area contributed by atoms with Gasteiger partial charge >= 0.3 is 0 Å². The third-order valence-electron chi connectivity index (χ3n) is 1.27. The number of benzene rings is 1. The van der Waals surface area contributed by atoms with E-state index in [9.17, 15) is 0 Å². The SMILES string of the molecule is COc1ccc(P(Br)Br)cc1. The van der Waals surface area contributed by atoms with Crippen molar-refractivity contribution in [1.29, 1.82) is 0 Å². The Hall–Kier alpha value is 0.410. The summed E-state index contributed by atoms with van der Waals surface area (Å²) >= 11 is 6.94. The topological polar surface area (TPSA) is 9.23 Å². The summed E-state index contributed by atoms with van der Waals surface area (Å²) in [6.45, 7) is 0. The smallest absolute Gasteiger partial charge is 0.118 e. The lowest BCUT2D eigenvalue weighted by atomic mass is 10.3. The lowest BCUT2D eigenvalue weighted by Crippen LogP contribution is -1.92. The van der Waals surface area contributed by atoms with Crippen LogP contribution in [-0.4, -0.2) is 7.11 Å². The van der Waals surface area contributed by atoms with Crippen LogP contribution in [0.2, 0.25) is 0 Å². The quantitative estimate of drug-likeness (QED) is 0.760. The lowest BCUT2D eigenvalue weighted by Gasteiger charge is -2.02. The second-order valence-electron chi connectivity index (χ2n) is 1.93. The average Bonchev–Trinajstić information content (AvgIpc) is 2.05. The first-order valence-corrected chi connectivity index (χ1v) is 8.37. The third-order valence-corrected chi connectivity index (χ3v) is 4.41. The van der Waals surface area contributed by atoms with Crippen molar-refractivity contribution in [3.63, 3.8) is 0 Å². The van der Waals surface area contributed by atoms with Crippen LogP contribution in [0.3, 0.4) is 0 Å². The van der Waals surface area contributed by atoms with Crippen LogP contribution in [0.25, 0.3) is 0 Å². The second-order valence-corrected chi connectivity index (χ2v) is 10.0. The summed E-state index contributed by atoms with van der Waals surface area (Å²) in [6, 6.07) is 7.97. The molecule has 0 amide bonds. The van der Waals surface area contributed by atoms with E-state index in [0.29, 0.717) is 0 Å². The van der Waals surface area contributed by atoms with Crippen molar-refractivity contribution < 1.29 is 4.74 Å². The molecule has 1 aromatic rings. The maximum atomic E-state index is 5.03. The molecular formula is C7H7Br2OP. The molecule has 0 bridgehead atoms. The molecule has 0 aliphatic rings. The molecule has 0 spiro atoms. The van der Waals surface area contributed by atoms with E-state index in [1.807, 2.05) is 24.3 Å². The summed E-state index contributed by atoms with van der Waals surface area (Å²) in [4.78, 5) is 0. The number of hydrogen-bond donors (Lipinski definition) is 0. The van der Waals surface area contributed by atoms with E-state index in [2.05, 4.69) is 31.0 Å². The van der Waals surface area contributed by atoms with Gasteiger partial charge in [0.25, 0.3) is 0 Å². The minimum absolute atomic E-state index is 0.344. The maximum Gasteiger partial charge on any atom is 0.118 e. The van der Waals surface area contributed by atoms with Crippen LogP contribution in [0.1, 0.15) is 0 Å². The van der Waals surface area contributed by atoms with Gasteiger partial charge in [0.1, 0.15) is 5.75 Å². The van der Waals surface area contributed by atoms with Gasteiger partial charge in [0, 0.05) is 0 Å². The monoisotopic (exact) mass is 296 g/mol. The second kappa shape index (κ2) is 4.44. The van der Waals surface area contributed by atoms with Gasteiger partial charge in [-0.05, 0) is 60.5 Å². The zero-order chi connectivity index (χ0) is 8.27. The van der Waals surface area contributed by atoms with E-state index in [-0.39, 0.29) is 5.33 Å². The van der Waals surface area contributed by atoms with Gasteiger partial charge in [-0.2, -0.15) is 0 Å². The fourth-order valence-corrected chi connectivity index (χ4v) is 2.49. The highest BCUT2D eigenvalue weighted by Gasteiger charge is 2.00. The molecular weight excluding hydrogens is 291 g/mol. The number of methoxy groups -OCH3 is 1. The van der Waals surface area contributed by atoms with Crippen molar-refractivity contribution in [1.82, 2.24) is 0 Å². The minimum Gasteiger partial charge on any atom is -0.497 e. The normalized spacial score (nSPS) is 10.2. The Labute approximate surface area is 83.4 Å². The Bertz CT molecular complexity index is 222. The number of halogens is 2. The van der Waals surface area contributed by atoms with Gasteiger partial charge in [-0.1, -0.05) is 0 Å². The van der Waals surface area contributed by atoms with Gasteiger partial charge in [0.05, 0.1) is 12.4 Å². The first kappa shape index (κ1) is 9.50. The predicted octanol–water partition coefficient (Wildman–Crippen LogP) is 3.42. The minimum atomic E-state index is -0.344. The van der Waals surface area contributed by atoms with Gasteiger partial charge in [-0.15, -0.1) is 0 Å². The van der Waals surface area contributed by atoms with E-state index in [1.165, 1.54) is 5.30 Å². The van der Waals surface area contributed by atoms with Crippen LogP contribution in [0.4, 0.5) is 0 Å². The highest BCUT2D eigenvalue weighted by Crippen LogP contribution is 2.50. The number of rotatable bonds is 2. The average molecular weight is 298 g/mol. The molecule has 0 aromatic heterocycles. The van der Waals surface area contributed by atoms with Crippen molar-refractivity contribution in [2.75, 3.05) is 7.11 Å². The summed E-state index contributed by atoms with van der Waals surface area (Å²) in [5.41, 5.74) is 0. The van der Waals surface area contributed by atoms with Crippen molar-refractivity contribution >= 4 is 41.6 Å². The molecule has 0 saturated heterocycles. The van der Waals surface area contributed by atoms with Gasteiger partial charge in [-0.3, -0.25) is 0 Å². The highest BCUT2D eigenvalue weighted by molar-refractivity contribution is 9.70. The molecule has 0 N–H and O–H groups in total. The Morgan fingerprint density at radius 1 is 1.18 bits per heavy atom. The Morgan fingerprint density at radius 2 is 1.73 bits per heavy atom.